The number of ether oxygens (including phenoxy) is 1. The number of anilines is 1. The zero-order valence-electron chi connectivity index (χ0n) is 21.0. The van der Waals surface area contributed by atoms with Gasteiger partial charge in [-0.1, -0.05) is 44.6 Å². The quantitative estimate of drug-likeness (QED) is 0.265. The lowest BCUT2D eigenvalue weighted by molar-refractivity contribution is -0.386. The average Bonchev–Trinajstić information content (AvgIpc) is 3.47. The summed E-state index contributed by atoms with van der Waals surface area (Å²) in [6.07, 6.45) is 11.3. The molecule has 8 nitrogen and oxygen atoms in total. The van der Waals surface area contributed by atoms with Crippen molar-refractivity contribution in [1.82, 2.24) is 0 Å². The van der Waals surface area contributed by atoms with Gasteiger partial charge in [-0.15, -0.1) is 11.3 Å². The maximum atomic E-state index is 13.0. The molecule has 2 heterocycles. The lowest BCUT2D eigenvalue weighted by Crippen LogP contribution is -2.11. The van der Waals surface area contributed by atoms with E-state index < -0.39 is 10.8 Å². The molecule has 1 aliphatic rings. The van der Waals surface area contributed by atoms with E-state index in [1.54, 1.807) is 25.1 Å². The Kier molecular flexibility index (Phi) is 8.96. The van der Waals surface area contributed by atoms with E-state index in [2.05, 4.69) is 11.4 Å². The van der Waals surface area contributed by atoms with E-state index in [4.69, 9.17) is 9.15 Å². The minimum absolute atomic E-state index is 0.0616. The van der Waals surface area contributed by atoms with Crippen molar-refractivity contribution in [3.63, 3.8) is 0 Å². The largest absolute Gasteiger partial charge is 0.479 e. The number of carbonyl (C=O) groups is 1. The number of nitro groups is 1. The molecule has 0 radical (unpaired) electrons. The van der Waals surface area contributed by atoms with Gasteiger partial charge in [-0.3, -0.25) is 14.9 Å². The summed E-state index contributed by atoms with van der Waals surface area (Å²) in [4.78, 5) is 25.0. The van der Waals surface area contributed by atoms with Crippen LogP contribution < -0.4 is 10.1 Å². The molecule has 2 aromatic heterocycles. The molecule has 1 amide bonds. The molecule has 0 unspecified atom stereocenters. The zero-order chi connectivity index (χ0) is 26.2. The van der Waals surface area contributed by atoms with Crippen molar-refractivity contribution in [3.05, 3.63) is 73.5 Å². The average molecular weight is 522 g/mol. The molecular formula is C28H31N3O5S. The summed E-state index contributed by atoms with van der Waals surface area (Å²) in [5.41, 5.74) is 2.27. The highest BCUT2D eigenvalue weighted by Crippen LogP contribution is 2.36. The Morgan fingerprint density at radius 2 is 1.81 bits per heavy atom. The number of thiophene rings is 1. The Morgan fingerprint density at radius 1 is 1.11 bits per heavy atom. The van der Waals surface area contributed by atoms with Crippen molar-refractivity contribution < 1.29 is 18.9 Å². The fraction of sp³-hybridized carbons (Fsp3) is 0.429. The van der Waals surface area contributed by atoms with E-state index in [1.165, 1.54) is 60.5 Å². The smallest absolute Gasteiger partial charge is 0.311 e. The molecule has 9 heteroatoms. The molecule has 1 N–H and O–H groups in total. The highest BCUT2D eigenvalue weighted by molar-refractivity contribution is 7.16. The topological polar surface area (TPSA) is 118 Å². The van der Waals surface area contributed by atoms with Crippen LogP contribution in [-0.2, 0) is 19.4 Å². The van der Waals surface area contributed by atoms with E-state index in [0.717, 1.165) is 43.2 Å². The second-order valence-corrected chi connectivity index (χ2v) is 10.5. The molecule has 3 aromatic rings. The van der Waals surface area contributed by atoms with E-state index in [0.29, 0.717) is 16.3 Å². The molecule has 0 spiro atoms. The van der Waals surface area contributed by atoms with Gasteiger partial charge in [0.1, 0.15) is 23.4 Å². The van der Waals surface area contributed by atoms with Gasteiger partial charge in [0.15, 0.2) is 11.5 Å². The van der Waals surface area contributed by atoms with E-state index >= 15 is 0 Å². The number of hydrogen-bond acceptors (Lipinski definition) is 7. The highest BCUT2D eigenvalue weighted by Gasteiger charge is 2.22. The monoisotopic (exact) mass is 521 g/mol. The van der Waals surface area contributed by atoms with Gasteiger partial charge in [-0.25, -0.2) is 0 Å². The van der Waals surface area contributed by atoms with Gasteiger partial charge in [0.05, 0.1) is 10.5 Å². The summed E-state index contributed by atoms with van der Waals surface area (Å²) in [5, 5.41) is 24.7. The summed E-state index contributed by atoms with van der Waals surface area (Å²) < 4.78 is 11.3. The van der Waals surface area contributed by atoms with E-state index in [9.17, 15) is 20.2 Å². The van der Waals surface area contributed by atoms with Gasteiger partial charge < -0.3 is 14.5 Å². The number of carbonyl (C=O) groups excluding carboxylic acids is 1. The molecule has 1 aromatic carbocycles. The lowest BCUT2D eigenvalue weighted by Gasteiger charge is -2.08. The van der Waals surface area contributed by atoms with Gasteiger partial charge in [0, 0.05) is 10.9 Å². The Morgan fingerprint density at radius 3 is 2.51 bits per heavy atom. The highest BCUT2D eigenvalue weighted by atomic mass is 32.1. The molecule has 0 saturated carbocycles. The van der Waals surface area contributed by atoms with Crippen LogP contribution in [0.1, 0.15) is 89.2 Å². The summed E-state index contributed by atoms with van der Waals surface area (Å²) in [5.74, 6) is 0.133. The maximum Gasteiger partial charge on any atom is 0.311 e. The first-order chi connectivity index (χ1) is 18.0. The summed E-state index contributed by atoms with van der Waals surface area (Å²) >= 11 is 1.50. The number of furan rings is 1. The standard InChI is InChI=1S/C28H31N3O5S/c1-19-12-14-24(23(16-19)31(33)34)35-18-20-13-15-25(36-20)27(32)30-28-22(17-29)21-10-8-6-4-2-3-5-7-9-11-26(21)37-28/h12-16H,2-11,18H2,1H3,(H,30,32). The second kappa shape index (κ2) is 12.5. The first-order valence-corrected chi connectivity index (χ1v) is 13.6. The minimum Gasteiger partial charge on any atom is -0.479 e. The molecule has 0 saturated heterocycles. The number of nitro benzene ring substituents is 1. The van der Waals surface area contributed by atoms with Gasteiger partial charge >= 0.3 is 5.69 Å². The Labute approximate surface area is 220 Å². The predicted octanol–water partition coefficient (Wildman–Crippen LogP) is 7.48. The third-order valence-electron chi connectivity index (χ3n) is 6.58. The van der Waals surface area contributed by atoms with Crippen LogP contribution in [0.15, 0.2) is 34.7 Å². The van der Waals surface area contributed by atoms with Crippen molar-refractivity contribution in [2.24, 2.45) is 0 Å². The van der Waals surface area contributed by atoms with Crippen LogP contribution in [-0.4, -0.2) is 10.8 Å². The number of benzene rings is 1. The maximum absolute atomic E-state index is 13.0. The third kappa shape index (κ3) is 6.77. The van der Waals surface area contributed by atoms with Crippen LogP contribution in [0.4, 0.5) is 10.7 Å². The fourth-order valence-electron chi connectivity index (χ4n) is 4.62. The summed E-state index contributed by atoms with van der Waals surface area (Å²) in [7, 11) is 0. The summed E-state index contributed by atoms with van der Waals surface area (Å²) in [6, 6.07) is 10.2. The normalized spacial score (nSPS) is 14.5. The molecule has 37 heavy (non-hydrogen) atoms. The second-order valence-electron chi connectivity index (χ2n) is 9.39. The lowest BCUT2D eigenvalue weighted by atomic mass is 9.98. The third-order valence-corrected chi connectivity index (χ3v) is 7.78. The first kappa shape index (κ1) is 26.4. The molecule has 0 fully saturated rings. The van der Waals surface area contributed by atoms with Crippen molar-refractivity contribution >= 4 is 27.9 Å². The number of fused-ring (bicyclic) bond motifs is 1. The van der Waals surface area contributed by atoms with Crippen molar-refractivity contribution in [1.29, 1.82) is 5.26 Å². The van der Waals surface area contributed by atoms with Crippen molar-refractivity contribution in [2.45, 2.75) is 77.7 Å². The predicted molar refractivity (Wildman–Crippen MR) is 142 cm³/mol. The van der Waals surface area contributed by atoms with Gasteiger partial charge in [0.2, 0.25) is 0 Å². The number of nitriles is 1. The van der Waals surface area contributed by atoms with Crippen molar-refractivity contribution in [2.75, 3.05) is 5.32 Å². The molecule has 1 aliphatic carbocycles. The fourth-order valence-corrected chi connectivity index (χ4v) is 5.85. The number of aryl methyl sites for hydroxylation is 2. The number of amides is 1. The molecule has 194 valence electrons. The number of nitrogens with one attached hydrogen (secondary N) is 1. The Hall–Kier alpha value is -3.64. The Balaban J connectivity index is 1.45. The van der Waals surface area contributed by atoms with Crippen LogP contribution in [0, 0.1) is 28.4 Å². The van der Waals surface area contributed by atoms with Crippen LogP contribution in [0.25, 0.3) is 0 Å². The van der Waals surface area contributed by atoms with E-state index in [1.807, 2.05) is 0 Å². The van der Waals surface area contributed by atoms with Gasteiger partial charge in [-0.05, 0) is 61.9 Å². The van der Waals surface area contributed by atoms with Gasteiger partial charge in [0.25, 0.3) is 5.91 Å². The molecule has 4 rings (SSSR count). The molecular weight excluding hydrogens is 490 g/mol. The Bertz CT molecular complexity index is 1300. The van der Waals surface area contributed by atoms with Gasteiger partial charge in [-0.2, -0.15) is 5.26 Å². The minimum atomic E-state index is -0.493. The van der Waals surface area contributed by atoms with Crippen LogP contribution in [0.3, 0.4) is 0 Å². The number of hydrogen-bond donors (Lipinski definition) is 1. The zero-order valence-corrected chi connectivity index (χ0v) is 21.8. The van der Waals surface area contributed by atoms with Crippen LogP contribution in [0.5, 0.6) is 5.75 Å². The first-order valence-electron chi connectivity index (χ1n) is 12.8. The van der Waals surface area contributed by atoms with Crippen molar-refractivity contribution in [3.8, 4) is 11.8 Å². The van der Waals surface area contributed by atoms with E-state index in [-0.39, 0.29) is 23.8 Å². The molecule has 0 aliphatic heterocycles. The van der Waals surface area contributed by atoms with Crippen LogP contribution in [0.2, 0.25) is 0 Å². The number of nitrogens with zero attached hydrogens (tertiary/aromatic N) is 2. The SMILES string of the molecule is Cc1ccc(OCc2ccc(C(=O)Nc3sc4c(c3C#N)CCCCCCCCCC4)o2)c([N+](=O)[O-])c1. The number of rotatable bonds is 6. The van der Waals surface area contributed by atoms with Crippen LogP contribution >= 0.6 is 11.3 Å². The molecule has 0 bridgehead atoms. The molecule has 0 atom stereocenters. The summed E-state index contributed by atoms with van der Waals surface area (Å²) in [6.45, 7) is 1.71.